The largest absolute Gasteiger partial charge is 0.385 e. The summed E-state index contributed by atoms with van der Waals surface area (Å²) in [5, 5.41) is 2.09. The number of ether oxygens (including phenoxy) is 1. The lowest BCUT2D eigenvalue weighted by molar-refractivity contribution is 0.190. The van der Waals surface area contributed by atoms with E-state index in [1.165, 1.54) is 0 Å². The number of para-hydroxylation sites is 1. The topological polar surface area (TPSA) is 63.9 Å². The first-order valence-electron chi connectivity index (χ1n) is 11.4. The first kappa shape index (κ1) is 23.9. The van der Waals surface area contributed by atoms with Gasteiger partial charge < -0.3 is 9.30 Å². The third kappa shape index (κ3) is 5.63. The summed E-state index contributed by atoms with van der Waals surface area (Å²) in [6, 6.07) is 17.2. The van der Waals surface area contributed by atoms with E-state index in [1.807, 2.05) is 42.5 Å². The zero-order chi connectivity index (χ0) is 23.3. The number of rotatable bonds is 8. The maximum absolute atomic E-state index is 13.1. The zero-order valence-corrected chi connectivity index (χ0v) is 20.8. The van der Waals surface area contributed by atoms with Crippen LogP contribution in [-0.4, -0.2) is 44.1 Å². The molecule has 1 aliphatic rings. The van der Waals surface area contributed by atoms with Crippen molar-refractivity contribution in [2.45, 2.75) is 37.6 Å². The van der Waals surface area contributed by atoms with E-state index in [0.29, 0.717) is 30.5 Å². The van der Waals surface area contributed by atoms with Gasteiger partial charge in [-0.3, -0.25) is 0 Å². The average Bonchev–Trinajstić information content (AvgIpc) is 3.22. The summed E-state index contributed by atoms with van der Waals surface area (Å²) in [5.74, 6) is 0.585. The van der Waals surface area contributed by atoms with Gasteiger partial charge in [0, 0.05) is 38.7 Å². The summed E-state index contributed by atoms with van der Waals surface area (Å²) < 4.78 is 35.2. The van der Waals surface area contributed by atoms with Gasteiger partial charge in [-0.2, -0.15) is 4.31 Å². The van der Waals surface area contributed by atoms with Crippen LogP contribution in [0.15, 0.2) is 69.9 Å². The van der Waals surface area contributed by atoms with Gasteiger partial charge in [0.1, 0.15) is 0 Å². The SMILES string of the molecule is COCCCn1c(-c2ccc(S(=O)(=O)N3CCC(C)CC3)cc2)csc1=Nc1ccccc1. The Hall–Kier alpha value is -2.26. The van der Waals surface area contributed by atoms with Gasteiger partial charge in [-0.15, -0.1) is 11.3 Å². The van der Waals surface area contributed by atoms with Gasteiger partial charge in [0.05, 0.1) is 16.3 Å². The van der Waals surface area contributed by atoms with Crippen molar-refractivity contribution in [3.63, 3.8) is 0 Å². The highest BCUT2D eigenvalue weighted by Gasteiger charge is 2.28. The normalized spacial score (nSPS) is 16.4. The van der Waals surface area contributed by atoms with E-state index in [9.17, 15) is 8.42 Å². The molecule has 0 radical (unpaired) electrons. The van der Waals surface area contributed by atoms with Crippen molar-refractivity contribution in [3.05, 3.63) is 64.8 Å². The fourth-order valence-corrected chi connectivity index (χ4v) is 6.44. The van der Waals surface area contributed by atoms with Crippen LogP contribution in [0.2, 0.25) is 0 Å². The quantitative estimate of drug-likeness (QED) is 0.426. The molecule has 0 spiro atoms. The number of hydrogen-bond acceptors (Lipinski definition) is 5. The minimum atomic E-state index is -3.45. The van der Waals surface area contributed by atoms with Crippen LogP contribution >= 0.6 is 11.3 Å². The molecule has 1 saturated heterocycles. The third-order valence-electron chi connectivity index (χ3n) is 6.04. The molecule has 0 bridgehead atoms. The summed E-state index contributed by atoms with van der Waals surface area (Å²) in [7, 11) is -1.75. The summed E-state index contributed by atoms with van der Waals surface area (Å²) in [6.07, 6.45) is 2.70. The second-order valence-electron chi connectivity index (χ2n) is 8.46. The molecular formula is C25H31N3O3S2. The second-order valence-corrected chi connectivity index (χ2v) is 11.2. The Bertz CT molecular complexity index is 1210. The van der Waals surface area contributed by atoms with E-state index in [2.05, 4.69) is 16.9 Å². The number of thiazole rings is 1. The molecule has 3 aromatic rings. The first-order valence-corrected chi connectivity index (χ1v) is 13.7. The third-order valence-corrected chi connectivity index (χ3v) is 8.82. The number of nitrogens with zero attached hydrogens (tertiary/aromatic N) is 3. The van der Waals surface area contributed by atoms with Crippen molar-refractivity contribution >= 4 is 27.0 Å². The summed E-state index contributed by atoms with van der Waals surface area (Å²) in [6.45, 7) is 4.81. The van der Waals surface area contributed by atoms with Gasteiger partial charge in [-0.05, 0) is 55.0 Å². The molecule has 1 aliphatic heterocycles. The highest BCUT2D eigenvalue weighted by Crippen LogP contribution is 2.27. The zero-order valence-electron chi connectivity index (χ0n) is 19.2. The van der Waals surface area contributed by atoms with E-state index < -0.39 is 10.0 Å². The monoisotopic (exact) mass is 485 g/mol. The minimum absolute atomic E-state index is 0.358. The van der Waals surface area contributed by atoms with E-state index in [-0.39, 0.29) is 0 Å². The van der Waals surface area contributed by atoms with Gasteiger partial charge in [0.15, 0.2) is 4.80 Å². The van der Waals surface area contributed by atoms with Crippen molar-refractivity contribution < 1.29 is 13.2 Å². The molecule has 8 heteroatoms. The summed E-state index contributed by atoms with van der Waals surface area (Å²) in [4.78, 5) is 6.09. The van der Waals surface area contributed by atoms with Crippen LogP contribution in [0.4, 0.5) is 5.69 Å². The fourth-order valence-electron chi connectivity index (χ4n) is 4.02. The van der Waals surface area contributed by atoms with Crippen molar-refractivity contribution in [1.29, 1.82) is 0 Å². The predicted octanol–water partition coefficient (Wildman–Crippen LogP) is 4.91. The second kappa shape index (κ2) is 10.8. The molecule has 6 nitrogen and oxygen atoms in total. The Balaban J connectivity index is 1.64. The number of aromatic nitrogens is 1. The molecule has 0 saturated carbocycles. The highest BCUT2D eigenvalue weighted by atomic mass is 32.2. The molecule has 2 aromatic carbocycles. The molecule has 4 rings (SSSR count). The predicted molar refractivity (Wildman–Crippen MR) is 133 cm³/mol. The molecule has 0 amide bonds. The lowest BCUT2D eigenvalue weighted by Crippen LogP contribution is -2.37. The summed E-state index contributed by atoms with van der Waals surface area (Å²) >= 11 is 1.59. The van der Waals surface area contributed by atoms with Crippen LogP contribution in [0.5, 0.6) is 0 Å². The van der Waals surface area contributed by atoms with E-state index in [4.69, 9.17) is 9.73 Å². The van der Waals surface area contributed by atoms with Gasteiger partial charge in [-0.1, -0.05) is 37.3 Å². The van der Waals surface area contributed by atoms with E-state index in [0.717, 1.165) is 47.6 Å². The molecule has 33 heavy (non-hydrogen) atoms. The van der Waals surface area contributed by atoms with Crippen molar-refractivity contribution in [3.8, 4) is 11.3 Å². The number of methoxy groups -OCH3 is 1. The maximum atomic E-state index is 13.1. The number of benzene rings is 2. The van der Waals surface area contributed by atoms with Crippen molar-refractivity contribution in [1.82, 2.24) is 8.87 Å². The lowest BCUT2D eigenvalue weighted by Gasteiger charge is -2.29. The van der Waals surface area contributed by atoms with Crippen LogP contribution in [0.25, 0.3) is 11.3 Å². The minimum Gasteiger partial charge on any atom is -0.385 e. The van der Waals surface area contributed by atoms with Gasteiger partial charge in [-0.25, -0.2) is 13.4 Å². The lowest BCUT2D eigenvalue weighted by atomic mass is 10.0. The van der Waals surface area contributed by atoms with Crippen molar-refractivity contribution in [2.24, 2.45) is 10.9 Å². The number of sulfonamides is 1. The molecule has 0 N–H and O–H groups in total. The Kier molecular flexibility index (Phi) is 7.80. The van der Waals surface area contributed by atoms with Crippen LogP contribution in [0.1, 0.15) is 26.2 Å². The van der Waals surface area contributed by atoms with Gasteiger partial charge in [0.25, 0.3) is 0 Å². The number of piperidine rings is 1. The standard InChI is InChI=1S/C25H31N3O3S2/c1-20-13-16-27(17-14-20)33(29,30)23-11-9-21(10-12-23)24-19-32-25(28(24)15-6-18-31-2)26-22-7-4-3-5-8-22/h3-5,7-12,19-20H,6,13-18H2,1-2H3. The van der Waals surface area contributed by atoms with Gasteiger partial charge in [0.2, 0.25) is 10.0 Å². The van der Waals surface area contributed by atoms with Crippen LogP contribution in [0.3, 0.4) is 0 Å². The van der Waals surface area contributed by atoms with Crippen LogP contribution in [-0.2, 0) is 21.3 Å². The molecule has 0 aliphatic carbocycles. The van der Waals surface area contributed by atoms with Crippen molar-refractivity contribution in [2.75, 3.05) is 26.8 Å². The Morgan fingerprint density at radius 1 is 1.06 bits per heavy atom. The molecule has 0 unspecified atom stereocenters. The Labute approximate surface area is 200 Å². The fraction of sp³-hybridized carbons (Fsp3) is 0.400. The average molecular weight is 486 g/mol. The smallest absolute Gasteiger partial charge is 0.243 e. The molecule has 1 aromatic heterocycles. The van der Waals surface area contributed by atoms with Crippen LogP contribution < -0.4 is 4.80 Å². The van der Waals surface area contributed by atoms with Crippen LogP contribution in [0, 0.1) is 5.92 Å². The molecule has 0 atom stereocenters. The number of hydrogen-bond donors (Lipinski definition) is 0. The first-order chi connectivity index (χ1) is 16.0. The molecule has 2 heterocycles. The van der Waals surface area contributed by atoms with E-state index in [1.54, 1.807) is 34.9 Å². The van der Waals surface area contributed by atoms with Gasteiger partial charge >= 0.3 is 0 Å². The highest BCUT2D eigenvalue weighted by molar-refractivity contribution is 7.89. The van der Waals surface area contributed by atoms with E-state index >= 15 is 0 Å². The molecular weight excluding hydrogens is 454 g/mol. The maximum Gasteiger partial charge on any atom is 0.243 e. The molecule has 1 fully saturated rings. The Morgan fingerprint density at radius 3 is 2.42 bits per heavy atom. The summed E-state index contributed by atoms with van der Waals surface area (Å²) in [5.41, 5.74) is 2.91. The molecule has 176 valence electrons. The Morgan fingerprint density at radius 2 is 1.76 bits per heavy atom.